The van der Waals surface area contributed by atoms with Crippen molar-refractivity contribution in [3.05, 3.63) is 34.8 Å². The highest BCUT2D eigenvalue weighted by atomic mass is 32.1. The average molecular weight is 292 g/mol. The third-order valence-corrected chi connectivity index (χ3v) is 4.81. The van der Waals surface area contributed by atoms with Crippen LogP contribution in [0.5, 0.6) is 0 Å². The van der Waals surface area contributed by atoms with Gasteiger partial charge in [-0.05, 0) is 31.8 Å². The number of aliphatic hydroxyl groups is 1. The van der Waals surface area contributed by atoms with Gasteiger partial charge in [-0.2, -0.15) is 0 Å². The number of piperidine rings is 1. The van der Waals surface area contributed by atoms with E-state index in [0.717, 1.165) is 38.3 Å². The van der Waals surface area contributed by atoms with Gasteiger partial charge in [0.05, 0.1) is 6.54 Å². The van der Waals surface area contributed by atoms with Crippen LogP contribution in [0.2, 0.25) is 0 Å². The van der Waals surface area contributed by atoms with Gasteiger partial charge in [0, 0.05) is 31.0 Å². The largest absolute Gasteiger partial charge is 0.385 e. The molecule has 0 unspecified atom stereocenters. The van der Waals surface area contributed by atoms with Crippen molar-refractivity contribution < 1.29 is 5.11 Å². The molecule has 1 fully saturated rings. The summed E-state index contributed by atoms with van der Waals surface area (Å²) in [6.07, 6.45) is 7.07. The molecule has 0 bridgehead atoms. The predicted molar refractivity (Wildman–Crippen MR) is 78.3 cm³/mol. The Morgan fingerprint density at radius 3 is 2.75 bits per heavy atom. The minimum absolute atomic E-state index is 0.309. The first-order valence-electron chi connectivity index (χ1n) is 7.00. The molecule has 2 aromatic heterocycles. The van der Waals surface area contributed by atoms with Crippen molar-refractivity contribution in [2.45, 2.75) is 25.5 Å². The topological polar surface area (TPSA) is 54.2 Å². The number of likely N-dealkylation sites (tertiary alicyclic amines) is 1. The van der Waals surface area contributed by atoms with E-state index in [4.69, 9.17) is 0 Å². The molecule has 0 radical (unpaired) electrons. The summed E-state index contributed by atoms with van der Waals surface area (Å²) in [4.78, 5) is 11.0. The Hall–Kier alpha value is -1.24. The first-order chi connectivity index (χ1) is 9.74. The third kappa shape index (κ3) is 2.92. The number of aryl methyl sites for hydroxylation is 1. The smallest absolute Gasteiger partial charge is 0.137 e. The molecule has 108 valence electrons. The van der Waals surface area contributed by atoms with Gasteiger partial charge in [0.25, 0.3) is 0 Å². The highest BCUT2D eigenvalue weighted by molar-refractivity contribution is 7.09. The number of aromatic nitrogens is 3. The fraction of sp³-hybridized carbons (Fsp3) is 0.571. The van der Waals surface area contributed by atoms with Gasteiger partial charge < -0.3 is 9.67 Å². The molecular formula is C14H20N4OS. The SMILES string of the molecule is Cn1ccnc1[C@@H](O)C1CCN(Cc2nccs2)CC1. The van der Waals surface area contributed by atoms with E-state index in [1.54, 1.807) is 17.5 Å². The molecule has 1 saturated heterocycles. The second-order valence-electron chi connectivity index (χ2n) is 5.38. The highest BCUT2D eigenvalue weighted by Gasteiger charge is 2.28. The first-order valence-corrected chi connectivity index (χ1v) is 7.88. The maximum Gasteiger partial charge on any atom is 0.137 e. The third-order valence-electron chi connectivity index (χ3n) is 4.04. The Morgan fingerprint density at radius 2 is 2.15 bits per heavy atom. The predicted octanol–water partition coefficient (Wildman–Crippen LogP) is 1.82. The molecule has 2 aromatic rings. The molecule has 0 amide bonds. The molecule has 0 aromatic carbocycles. The summed E-state index contributed by atoms with van der Waals surface area (Å²) in [6.45, 7) is 2.97. The maximum absolute atomic E-state index is 10.4. The number of rotatable bonds is 4. The van der Waals surface area contributed by atoms with Gasteiger partial charge in [-0.25, -0.2) is 9.97 Å². The number of aliphatic hydroxyl groups excluding tert-OH is 1. The summed E-state index contributed by atoms with van der Waals surface area (Å²) in [5, 5.41) is 13.6. The second-order valence-corrected chi connectivity index (χ2v) is 6.36. The van der Waals surface area contributed by atoms with Gasteiger partial charge in [0.15, 0.2) is 0 Å². The van der Waals surface area contributed by atoms with Crippen molar-refractivity contribution >= 4 is 11.3 Å². The van der Waals surface area contributed by atoms with Crippen molar-refractivity contribution in [3.8, 4) is 0 Å². The van der Waals surface area contributed by atoms with Gasteiger partial charge in [-0.15, -0.1) is 11.3 Å². The lowest BCUT2D eigenvalue weighted by Gasteiger charge is -2.33. The van der Waals surface area contributed by atoms with Crippen LogP contribution < -0.4 is 0 Å². The lowest BCUT2D eigenvalue weighted by atomic mass is 9.91. The minimum atomic E-state index is -0.447. The maximum atomic E-state index is 10.4. The van der Waals surface area contributed by atoms with Crippen molar-refractivity contribution in [2.24, 2.45) is 13.0 Å². The normalized spacial score (nSPS) is 19.3. The van der Waals surface area contributed by atoms with Crippen LogP contribution in [-0.4, -0.2) is 37.6 Å². The Bertz CT molecular complexity index is 531. The fourth-order valence-corrected chi connectivity index (χ4v) is 3.48. The lowest BCUT2D eigenvalue weighted by Crippen LogP contribution is -2.35. The molecular weight excluding hydrogens is 272 g/mol. The molecule has 3 heterocycles. The Kier molecular flexibility index (Phi) is 4.14. The first kappa shape index (κ1) is 13.7. The van der Waals surface area contributed by atoms with Crippen LogP contribution in [0.25, 0.3) is 0 Å². The fourth-order valence-electron chi connectivity index (χ4n) is 2.82. The molecule has 3 rings (SSSR count). The van der Waals surface area contributed by atoms with E-state index in [1.807, 2.05) is 29.4 Å². The van der Waals surface area contributed by atoms with Crippen molar-refractivity contribution in [3.63, 3.8) is 0 Å². The van der Waals surface area contributed by atoms with Crippen LogP contribution in [-0.2, 0) is 13.6 Å². The molecule has 5 nitrogen and oxygen atoms in total. The Balaban J connectivity index is 1.54. The van der Waals surface area contributed by atoms with E-state index in [9.17, 15) is 5.11 Å². The zero-order chi connectivity index (χ0) is 13.9. The van der Waals surface area contributed by atoms with E-state index >= 15 is 0 Å². The second kappa shape index (κ2) is 6.03. The van der Waals surface area contributed by atoms with Crippen LogP contribution in [0, 0.1) is 5.92 Å². The molecule has 1 aliphatic heterocycles. The average Bonchev–Trinajstić information content (AvgIpc) is 3.10. The molecule has 1 aliphatic rings. The molecule has 0 saturated carbocycles. The minimum Gasteiger partial charge on any atom is -0.385 e. The van der Waals surface area contributed by atoms with Gasteiger partial charge in [-0.3, -0.25) is 4.90 Å². The van der Waals surface area contributed by atoms with Crippen LogP contribution in [0.15, 0.2) is 24.0 Å². The lowest BCUT2D eigenvalue weighted by molar-refractivity contribution is 0.0492. The van der Waals surface area contributed by atoms with Crippen LogP contribution in [0.4, 0.5) is 0 Å². The summed E-state index contributed by atoms with van der Waals surface area (Å²) < 4.78 is 1.91. The van der Waals surface area contributed by atoms with E-state index in [2.05, 4.69) is 14.9 Å². The van der Waals surface area contributed by atoms with Crippen LogP contribution >= 0.6 is 11.3 Å². The van der Waals surface area contributed by atoms with Crippen molar-refractivity contribution in [1.82, 2.24) is 19.4 Å². The quantitative estimate of drug-likeness (QED) is 0.934. The zero-order valence-corrected chi connectivity index (χ0v) is 12.5. The molecule has 1 N–H and O–H groups in total. The van der Waals surface area contributed by atoms with Gasteiger partial charge in [0.1, 0.15) is 16.9 Å². The van der Waals surface area contributed by atoms with E-state index in [0.29, 0.717) is 5.92 Å². The highest BCUT2D eigenvalue weighted by Crippen LogP contribution is 2.30. The van der Waals surface area contributed by atoms with Gasteiger partial charge in [0.2, 0.25) is 0 Å². The molecule has 20 heavy (non-hydrogen) atoms. The monoisotopic (exact) mass is 292 g/mol. The zero-order valence-electron chi connectivity index (χ0n) is 11.6. The van der Waals surface area contributed by atoms with E-state index in [-0.39, 0.29) is 0 Å². The standard InChI is InChI=1S/C14H20N4OS/c1-17-8-4-16-14(17)13(19)11-2-6-18(7-3-11)10-12-15-5-9-20-12/h4-5,8-9,11,13,19H,2-3,6-7,10H2,1H3/t13-/m0/s1. The number of hydrogen-bond acceptors (Lipinski definition) is 5. The van der Waals surface area contributed by atoms with Crippen molar-refractivity contribution in [1.29, 1.82) is 0 Å². The number of nitrogens with zero attached hydrogens (tertiary/aromatic N) is 4. The number of thiazole rings is 1. The van der Waals surface area contributed by atoms with Gasteiger partial charge >= 0.3 is 0 Å². The van der Waals surface area contributed by atoms with E-state index < -0.39 is 6.10 Å². The molecule has 0 spiro atoms. The Labute approximate surface area is 122 Å². The molecule has 6 heteroatoms. The Morgan fingerprint density at radius 1 is 1.35 bits per heavy atom. The summed E-state index contributed by atoms with van der Waals surface area (Å²) in [7, 11) is 1.93. The summed E-state index contributed by atoms with van der Waals surface area (Å²) in [5.74, 6) is 1.09. The summed E-state index contributed by atoms with van der Waals surface area (Å²) in [5.41, 5.74) is 0. The van der Waals surface area contributed by atoms with Crippen LogP contribution in [0.1, 0.15) is 29.8 Å². The number of hydrogen-bond donors (Lipinski definition) is 1. The summed E-state index contributed by atoms with van der Waals surface area (Å²) in [6, 6.07) is 0. The number of imidazole rings is 1. The van der Waals surface area contributed by atoms with Gasteiger partial charge in [-0.1, -0.05) is 0 Å². The molecule has 1 atom stereocenters. The van der Waals surface area contributed by atoms with Crippen LogP contribution in [0.3, 0.4) is 0 Å². The van der Waals surface area contributed by atoms with E-state index in [1.165, 1.54) is 5.01 Å². The molecule has 0 aliphatic carbocycles. The van der Waals surface area contributed by atoms with Crippen molar-refractivity contribution in [2.75, 3.05) is 13.1 Å². The summed E-state index contributed by atoms with van der Waals surface area (Å²) >= 11 is 1.71.